The first kappa shape index (κ1) is 11.3. The van der Waals surface area contributed by atoms with Gasteiger partial charge < -0.3 is 4.74 Å². The van der Waals surface area contributed by atoms with Gasteiger partial charge in [-0.05, 0) is 30.5 Å². The summed E-state index contributed by atoms with van der Waals surface area (Å²) in [4.78, 5) is 2.61. The Labute approximate surface area is 87.3 Å². The van der Waals surface area contributed by atoms with Crippen LogP contribution in [-0.2, 0) is 0 Å². The molecule has 0 saturated heterocycles. The number of benzene rings is 1. The molecule has 5 heteroatoms. The molecule has 0 aliphatic heterocycles. The highest BCUT2D eigenvalue weighted by molar-refractivity contribution is 5.29. The summed E-state index contributed by atoms with van der Waals surface area (Å²) in [6.07, 6.45) is 0.581. The molecule has 0 aliphatic rings. The van der Waals surface area contributed by atoms with Crippen molar-refractivity contribution in [3.8, 4) is 5.75 Å². The first-order valence-corrected chi connectivity index (χ1v) is 4.64. The lowest BCUT2D eigenvalue weighted by Crippen LogP contribution is -2.01. The number of hydrogen-bond donors (Lipinski definition) is 0. The smallest absolute Gasteiger partial charge is 0.167 e. The van der Waals surface area contributed by atoms with Crippen LogP contribution in [0.5, 0.6) is 5.75 Å². The van der Waals surface area contributed by atoms with Gasteiger partial charge in [0.15, 0.2) is 11.6 Å². The van der Waals surface area contributed by atoms with Crippen molar-refractivity contribution in [1.82, 2.24) is 0 Å². The van der Waals surface area contributed by atoms with Crippen LogP contribution in [0.1, 0.15) is 12.0 Å². The molecule has 15 heavy (non-hydrogen) atoms. The Hall–Kier alpha value is -1.74. The number of nitrogens with zero attached hydrogens (tertiary/aromatic N) is 3. The van der Waals surface area contributed by atoms with Gasteiger partial charge >= 0.3 is 0 Å². The molecule has 1 aromatic rings. The van der Waals surface area contributed by atoms with E-state index in [0.29, 0.717) is 25.1 Å². The van der Waals surface area contributed by atoms with Crippen molar-refractivity contribution >= 4 is 0 Å². The van der Waals surface area contributed by atoms with Gasteiger partial charge in [0, 0.05) is 11.5 Å². The molecule has 0 aromatic heterocycles. The molecule has 0 amide bonds. The van der Waals surface area contributed by atoms with E-state index in [1.165, 1.54) is 0 Å². The maximum Gasteiger partial charge on any atom is 0.167 e. The van der Waals surface area contributed by atoms with Crippen LogP contribution in [0, 0.1) is 12.7 Å². The second-order valence-corrected chi connectivity index (χ2v) is 3.04. The van der Waals surface area contributed by atoms with Gasteiger partial charge in [-0.15, -0.1) is 0 Å². The predicted octanol–water partition coefficient (Wildman–Crippen LogP) is 3.21. The van der Waals surface area contributed by atoms with Gasteiger partial charge in [-0.25, -0.2) is 4.39 Å². The van der Waals surface area contributed by atoms with Gasteiger partial charge in [0.2, 0.25) is 0 Å². The Morgan fingerprint density at radius 2 is 2.33 bits per heavy atom. The van der Waals surface area contributed by atoms with Gasteiger partial charge in [-0.3, -0.25) is 0 Å². The summed E-state index contributed by atoms with van der Waals surface area (Å²) in [5, 5.41) is 3.35. The Morgan fingerprint density at radius 3 is 3.07 bits per heavy atom. The summed E-state index contributed by atoms with van der Waals surface area (Å²) in [5.41, 5.74) is 8.58. The molecule has 0 radical (unpaired) electrons. The lowest BCUT2D eigenvalue weighted by atomic mass is 10.2. The van der Waals surface area contributed by atoms with Crippen molar-refractivity contribution < 1.29 is 9.13 Å². The monoisotopic (exact) mass is 209 g/mol. The van der Waals surface area contributed by atoms with E-state index in [4.69, 9.17) is 10.3 Å². The molecular weight excluding hydrogens is 197 g/mol. The predicted molar refractivity (Wildman–Crippen MR) is 55.3 cm³/mol. The van der Waals surface area contributed by atoms with Crippen LogP contribution < -0.4 is 4.74 Å². The number of ether oxygens (including phenoxy) is 1. The zero-order chi connectivity index (χ0) is 11.1. The molecule has 4 nitrogen and oxygen atoms in total. The molecule has 80 valence electrons. The van der Waals surface area contributed by atoms with Crippen molar-refractivity contribution in [2.45, 2.75) is 13.3 Å². The van der Waals surface area contributed by atoms with Crippen LogP contribution in [0.25, 0.3) is 10.4 Å². The fraction of sp³-hybridized carbons (Fsp3) is 0.400. The normalized spacial score (nSPS) is 9.47. The highest BCUT2D eigenvalue weighted by Gasteiger charge is 2.04. The van der Waals surface area contributed by atoms with E-state index in [0.717, 1.165) is 0 Å². The Balaban J connectivity index is 2.44. The minimum Gasteiger partial charge on any atom is -0.491 e. The number of hydrogen-bond acceptors (Lipinski definition) is 2. The average molecular weight is 209 g/mol. The lowest BCUT2D eigenvalue weighted by Gasteiger charge is -2.07. The van der Waals surface area contributed by atoms with E-state index >= 15 is 0 Å². The van der Waals surface area contributed by atoms with E-state index in [-0.39, 0.29) is 11.6 Å². The summed E-state index contributed by atoms with van der Waals surface area (Å²) in [7, 11) is 0. The maximum atomic E-state index is 13.4. The Morgan fingerprint density at radius 1 is 1.53 bits per heavy atom. The van der Waals surface area contributed by atoms with Crippen LogP contribution in [-0.4, -0.2) is 13.2 Å². The molecule has 0 heterocycles. The van der Waals surface area contributed by atoms with Crippen molar-refractivity contribution in [2.75, 3.05) is 13.2 Å². The van der Waals surface area contributed by atoms with Gasteiger partial charge in [-0.1, -0.05) is 17.2 Å². The summed E-state index contributed by atoms with van der Waals surface area (Å²) < 4.78 is 18.6. The summed E-state index contributed by atoms with van der Waals surface area (Å²) >= 11 is 0. The quantitative estimate of drug-likeness (QED) is 0.318. The molecule has 1 rings (SSSR count). The molecule has 0 N–H and O–H groups in total. The molecule has 0 fully saturated rings. The average Bonchev–Trinajstić information content (AvgIpc) is 2.24. The van der Waals surface area contributed by atoms with E-state index in [1.54, 1.807) is 25.1 Å². The molecule has 0 bridgehead atoms. The number of azide groups is 1. The molecule has 0 atom stereocenters. The molecule has 0 unspecified atom stereocenters. The fourth-order valence-corrected chi connectivity index (χ4v) is 1.09. The Bertz CT molecular complexity index is 375. The van der Waals surface area contributed by atoms with Gasteiger partial charge in [-0.2, -0.15) is 0 Å². The lowest BCUT2D eigenvalue weighted by molar-refractivity contribution is 0.297. The van der Waals surface area contributed by atoms with Gasteiger partial charge in [0.25, 0.3) is 0 Å². The van der Waals surface area contributed by atoms with Gasteiger partial charge in [0.05, 0.1) is 6.61 Å². The molecule has 0 aliphatic carbocycles. The minimum atomic E-state index is -0.332. The molecule has 0 saturated carbocycles. The topological polar surface area (TPSA) is 58.0 Å². The zero-order valence-corrected chi connectivity index (χ0v) is 8.48. The van der Waals surface area contributed by atoms with Crippen LogP contribution in [0.3, 0.4) is 0 Å². The highest BCUT2D eigenvalue weighted by Crippen LogP contribution is 2.19. The van der Waals surface area contributed by atoms with E-state index in [1.807, 2.05) is 0 Å². The zero-order valence-electron chi connectivity index (χ0n) is 8.48. The molecule has 0 spiro atoms. The van der Waals surface area contributed by atoms with Crippen molar-refractivity contribution in [2.24, 2.45) is 5.11 Å². The van der Waals surface area contributed by atoms with Gasteiger partial charge in [0.1, 0.15) is 0 Å². The van der Waals surface area contributed by atoms with Crippen LogP contribution in [0.4, 0.5) is 4.39 Å². The van der Waals surface area contributed by atoms with Crippen molar-refractivity contribution in [1.29, 1.82) is 0 Å². The first-order chi connectivity index (χ1) is 7.25. The summed E-state index contributed by atoms with van der Waals surface area (Å²) in [6.45, 7) is 2.39. The molecular formula is C10H12FN3O. The standard InChI is InChI=1S/C10H12FN3O/c1-8-4-2-5-9(10(8)11)15-7-3-6-13-14-12/h2,4-5H,3,6-7H2,1H3. The van der Waals surface area contributed by atoms with Crippen LogP contribution >= 0.6 is 0 Å². The fourth-order valence-electron chi connectivity index (χ4n) is 1.09. The Kier molecular flexibility index (Phi) is 4.44. The van der Waals surface area contributed by atoms with E-state index in [9.17, 15) is 4.39 Å². The minimum absolute atomic E-state index is 0.246. The summed E-state index contributed by atoms with van der Waals surface area (Å²) in [6, 6.07) is 5.00. The summed E-state index contributed by atoms with van der Waals surface area (Å²) in [5.74, 6) is -0.0859. The SMILES string of the molecule is Cc1cccc(OCCCN=[N+]=[N-])c1F. The number of aryl methyl sites for hydroxylation is 1. The maximum absolute atomic E-state index is 13.4. The van der Waals surface area contributed by atoms with E-state index < -0.39 is 0 Å². The van der Waals surface area contributed by atoms with Crippen molar-refractivity contribution in [3.63, 3.8) is 0 Å². The number of rotatable bonds is 5. The molecule has 1 aromatic carbocycles. The van der Waals surface area contributed by atoms with Crippen LogP contribution in [0.15, 0.2) is 23.3 Å². The van der Waals surface area contributed by atoms with Crippen LogP contribution in [0.2, 0.25) is 0 Å². The number of halogens is 1. The largest absolute Gasteiger partial charge is 0.491 e. The second-order valence-electron chi connectivity index (χ2n) is 3.04. The second kappa shape index (κ2) is 5.88. The highest BCUT2D eigenvalue weighted by atomic mass is 19.1. The first-order valence-electron chi connectivity index (χ1n) is 4.64. The van der Waals surface area contributed by atoms with E-state index in [2.05, 4.69) is 10.0 Å². The third-order valence-electron chi connectivity index (χ3n) is 1.88. The van der Waals surface area contributed by atoms with Crippen molar-refractivity contribution in [3.05, 3.63) is 40.0 Å². The third-order valence-corrected chi connectivity index (χ3v) is 1.88. The third kappa shape index (κ3) is 3.48.